The van der Waals surface area contributed by atoms with E-state index in [4.69, 9.17) is 0 Å². The lowest BCUT2D eigenvalue weighted by atomic mass is 10.1. The summed E-state index contributed by atoms with van der Waals surface area (Å²) in [4.78, 5) is 17.2. The lowest BCUT2D eigenvalue weighted by molar-refractivity contribution is 0.0724. The molecule has 0 radical (unpaired) electrons. The first kappa shape index (κ1) is 20.4. The van der Waals surface area contributed by atoms with Crippen LogP contribution in [0.5, 0.6) is 0 Å². The number of aromatic nitrogens is 2. The Hall–Kier alpha value is -1.89. The first-order valence-corrected chi connectivity index (χ1v) is 8.81. The molecule has 142 valence electrons. The van der Waals surface area contributed by atoms with Crippen molar-refractivity contribution in [1.29, 1.82) is 0 Å². The number of aryl methyl sites for hydroxylation is 1. The van der Waals surface area contributed by atoms with Crippen LogP contribution in [0.4, 0.5) is 0 Å². The molecule has 2 aromatic rings. The van der Waals surface area contributed by atoms with Crippen LogP contribution in [-0.4, -0.2) is 59.6 Å². The van der Waals surface area contributed by atoms with Gasteiger partial charge in [-0.2, -0.15) is 5.10 Å². The van der Waals surface area contributed by atoms with Crippen LogP contribution >= 0.6 is 12.4 Å². The summed E-state index contributed by atoms with van der Waals surface area (Å²) < 4.78 is 0. The van der Waals surface area contributed by atoms with Crippen molar-refractivity contribution >= 4 is 18.3 Å². The zero-order chi connectivity index (χ0) is 17.8. The smallest absolute Gasteiger partial charge is 0.275 e. The molecule has 0 spiro atoms. The maximum Gasteiger partial charge on any atom is 0.275 e. The second-order valence-electron chi connectivity index (χ2n) is 6.98. The van der Waals surface area contributed by atoms with Gasteiger partial charge in [0.1, 0.15) is 0 Å². The summed E-state index contributed by atoms with van der Waals surface area (Å²) >= 11 is 0. The molecule has 0 atom stereocenters. The number of nitrogens with zero attached hydrogens (tertiary/aromatic N) is 3. The van der Waals surface area contributed by atoms with Crippen LogP contribution < -0.4 is 5.32 Å². The molecule has 1 aromatic heterocycles. The molecule has 2 heterocycles. The van der Waals surface area contributed by atoms with E-state index in [2.05, 4.69) is 45.5 Å². The summed E-state index contributed by atoms with van der Waals surface area (Å²) in [6.07, 6.45) is 0.894. The number of benzene rings is 1. The van der Waals surface area contributed by atoms with Gasteiger partial charge in [0, 0.05) is 50.4 Å². The van der Waals surface area contributed by atoms with Gasteiger partial charge >= 0.3 is 0 Å². The summed E-state index contributed by atoms with van der Waals surface area (Å²) in [6, 6.07) is 8.33. The highest BCUT2D eigenvalue weighted by Crippen LogP contribution is 2.18. The van der Waals surface area contributed by atoms with Gasteiger partial charge in [0.2, 0.25) is 0 Å². The fourth-order valence-electron chi connectivity index (χ4n) is 3.16. The lowest BCUT2D eigenvalue weighted by Crippen LogP contribution is -2.37. The Morgan fingerprint density at radius 1 is 1.27 bits per heavy atom. The van der Waals surface area contributed by atoms with E-state index in [0.717, 1.165) is 36.3 Å². The van der Waals surface area contributed by atoms with Gasteiger partial charge in [-0.25, -0.2) is 0 Å². The van der Waals surface area contributed by atoms with E-state index in [1.54, 1.807) is 0 Å². The Kier molecular flexibility index (Phi) is 7.20. The van der Waals surface area contributed by atoms with Crippen LogP contribution in [0, 0.1) is 6.92 Å². The van der Waals surface area contributed by atoms with Crippen molar-refractivity contribution in [3.63, 3.8) is 0 Å². The van der Waals surface area contributed by atoms with Gasteiger partial charge in [-0.15, -0.1) is 12.4 Å². The molecule has 0 fully saturated rings. The third kappa shape index (κ3) is 4.84. The molecule has 0 saturated heterocycles. The van der Waals surface area contributed by atoms with Crippen molar-refractivity contribution < 1.29 is 4.79 Å². The van der Waals surface area contributed by atoms with Crippen molar-refractivity contribution in [2.75, 3.05) is 33.7 Å². The maximum atomic E-state index is 13.2. The van der Waals surface area contributed by atoms with Gasteiger partial charge < -0.3 is 15.1 Å². The number of aromatic amines is 1. The molecular formula is C19H28ClN5O. The number of hydrogen-bond acceptors (Lipinski definition) is 4. The number of fused-ring (bicyclic) bond motifs is 1. The van der Waals surface area contributed by atoms with Gasteiger partial charge in [0.05, 0.1) is 0 Å². The molecule has 0 bridgehead atoms. The topological polar surface area (TPSA) is 64.3 Å². The van der Waals surface area contributed by atoms with E-state index in [0.29, 0.717) is 25.3 Å². The Morgan fingerprint density at radius 3 is 2.81 bits per heavy atom. The Morgan fingerprint density at radius 2 is 2.08 bits per heavy atom. The number of carbonyl (C=O) groups is 1. The standard InChI is InChI=1S/C19H27N5O.ClH/c1-14-5-4-6-15(11-14)13-24(10-9-23(2)3)19(25)18-16-12-20-8-7-17(16)21-22-18;/h4-6,11,20H,7-10,12-13H2,1-3H3,(H,21,22);1H. The molecule has 0 aliphatic carbocycles. The minimum absolute atomic E-state index is 0. The van der Waals surface area contributed by atoms with Crippen molar-refractivity contribution in [3.05, 3.63) is 52.3 Å². The Labute approximate surface area is 161 Å². The molecule has 26 heavy (non-hydrogen) atoms. The molecule has 0 unspecified atom stereocenters. The first-order chi connectivity index (χ1) is 12.0. The number of H-pyrrole nitrogens is 1. The number of carbonyl (C=O) groups excluding carboxylic acids is 1. The summed E-state index contributed by atoms with van der Waals surface area (Å²) in [7, 11) is 4.05. The van der Waals surface area contributed by atoms with Gasteiger partial charge in [-0.05, 0) is 26.6 Å². The van der Waals surface area contributed by atoms with Gasteiger partial charge in [0.15, 0.2) is 5.69 Å². The molecule has 1 aromatic carbocycles. The highest BCUT2D eigenvalue weighted by Gasteiger charge is 2.25. The van der Waals surface area contributed by atoms with Crippen LogP contribution in [0.2, 0.25) is 0 Å². The van der Waals surface area contributed by atoms with Crippen molar-refractivity contribution in [1.82, 2.24) is 25.3 Å². The summed E-state index contributed by atoms with van der Waals surface area (Å²) in [5.74, 6) is 0.00422. The molecule has 6 nitrogen and oxygen atoms in total. The summed E-state index contributed by atoms with van der Waals surface area (Å²) in [5, 5.41) is 10.7. The first-order valence-electron chi connectivity index (χ1n) is 8.81. The van der Waals surface area contributed by atoms with Crippen LogP contribution in [0.3, 0.4) is 0 Å². The van der Waals surface area contributed by atoms with Crippen molar-refractivity contribution in [2.24, 2.45) is 0 Å². The third-order valence-electron chi connectivity index (χ3n) is 4.57. The van der Waals surface area contributed by atoms with Crippen molar-refractivity contribution in [3.8, 4) is 0 Å². The summed E-state index contributed by atoms with van der Waals surface area (Å²) in [5.41, 5.74) is 5.03. The van der Waals surface area contributed by atoms with Crippen LogP contribution in [0.25, 0.3) is 0 Å². The predicted octanol–water partition coefficient (Wildman–Crippen LogP) is 1.99. The number of nitrogens with one attached hydrogen (secondary N) is 2. The second-order valence-corrected chi connectivity index (χ2v) is 6.98. The normalized spacial score (nSPS) is 13.2. The van der Waals surface area contributed by atoms with Gasteiger partial charge in [-0.1, -0.05) is 29.8 Å². The molecule has 1 amide bonds. The maximum absolute atomic E-state index is 13.2. The predicted molar refractivity (Wildman–Crippen MR) is 106 cm³/mol. The zero-order valence-corrected chi connectivity index (χ0v) is 16.5. The Bertz CT molecular complexity index is 743. The molecule has 1 aliphatic heterocycles. The van der Waals surface area contributed by atoms with Crippen LogP contribution in [0.1, 0.15) is 32.9 Å². The Balaban J connectivity index is 0.00000243. The van der Waals surface area contributed by atoms with E-state index in [1.165, 1.54) is 5.56 Å². The highest BCUT2D eigenvalue weighted by molar-refractivity contribution is 5.94. The van der Waals surface area contributed by atoms with E-state index in [9.17, 15) is 4.79 Å². The monoisotopic (exact) mass is 377 g/mol. The number of rotatable bonds is 6. The average molecular weight is 378 g/mol. The fraction of sp³-hybridized carbons (Fsp3) is 0.474. The number of halogens is 1. The van der Waals surface area contributed by atoms with E-state index < -0.39 is 0 Å². The van der Waals surface area contributed by atoms with Crippen LogP contribution in [0.15, 0.2) is 24.3 Å². The molecule has 3 rings (SSSR count). The van der Waals surface area contributed by atoms with E-state index in [1.807, 2.05) is 25.1 Å². The lowest BCUT2D eigenvalue weighted by Gasteiger charge is -2.25. The molecule has 1 aliphatic rings. The number of amides is 1. The molecule has 7 heteroatoms. The molecule has 0 saturated carbocycles. The van der Waals surface area contributed by atoms with Crippen LogP contribution in [-0.2, 0) is 19.5 Å². The third-order valence-corrected chi connectivity index (χ3v) is 4.57. The van der Waals surface area contributed by atoms with E-state index >= 15 is 0 Å². The largest absolute Gasteiger partial charge is 0.332 e. The summed E-state index contributed by atoms with van der Waals surface area (Å²) in [6.45, 7) is 5.81. The molecule has 2 N–H and O–H groups in total. The van der Waals surface area contributed by atoms with Gasteiger partial charge in [-0.3, -0.25) is 9.89 Å². The SMILES string of the molecule is Cc1cccc(CN(CCN(C)C)C(=O)c2n[nH]c3c2CNCC3)c1.Cl. The minimum atomic E-state index is 0. The number of hydrogen-bond donors (Lipinski definition) is 2. The quantitative estimate of drug-likeness (QED) is 0.808. The number of likely N-dealkylation sites (N-methyl/N-ethyl adjacent to an activating group) is 1. The molecular weight excluding hydrogens is 350 g/mol. The highest BCUT2D eigenvalue weighted by atomic mass is 35.5. The fourth-order valence-corrected chi connectivity index (χ4v) is 3.16. The average Bonchev–Trinajstić information content (AvgIpc) is 3.02. The zero-order valence-electron chi connectivity index (χ0n) is 15.7. The minimum Gasteiger partial charge on any atom is -0.332 e. The van der Waals surface area contributed by atoms with Gasteiger partial charge in [0.25, 0.3) is 5.91 Å². The second kappa shape index (κ2) is 9.16. The van der Waals surface area contributed by atoms with E-state index in [-0.39, 0.29) is 18.3 Å². The van der Waals surface area contributed by atoms with Crippen molar-refractivity contribution in [2.45, 2.75) is 26.4 Å².